The lowest BCUT2D eigenvalue weighted by atomic mass is 9.95. The highest BCUT2D eigenvalue weighted by atomic mass is 16.5. The Hall–Kier alpha value is -3.06. The number of rotatable bonds is 3. The number of imidazole rings is 1. The number of aromatic nitrogens is 2. The molecule has 0 saturated carbocycles. The van der Waals surface area contributed by atoms with Gasteiger partial charge in [-0.1, -0.05) is 6.07 Å². The van der Waals surface area contributed by atoms with Crippen LogP contribution in [-0.2, 0) is 0 Å². The molecule has 4 rings (SSSR count). The summed E-state index contributed by atoms with van der Waals surface area (Å²) in [5, 5.41) is 7.65. The smallest absolute Gasteiger partial charge is 0.295 e. The number of hydrogen-bond acceptors (Lipinski definition) is 5. The summed E-state index contributed by atoms with van der Waals surface area (Å²) in [6, 6.07) is 9.04. The Bertz CT molecular complexity index is 976. The molecular weight excluding hydrogens is 306 g/mol. The minimum absolute atomic E-state index is 0.300. The number of azo groups is 1. The van der Waals surface area contributed by atoms with Crippen LogP contribution in [0.4, 0.5) is 0 Å². The summed E-state index contributed by atoms with van der Waals surface area (Å²) in [4.78, 5) is 16.3. The van der Waals surface area contributed by atoms with Crippen molar-refractivity contribution in [1.29, 1.82) is 0 Å². The maximum Gasteiger partial charge on any atom is 0.295 e. The number of ether oxygens (including phenoxy) is 1. The first-order chi connectivity index (χ1) is 11.7. The lowest BCUT2D eigenvalue weighted by Gasteiger charge is -2.17. The molecule has 2 N–H and O–H groups in total. The van der Waals surface area contributed by atoms with Crippen LogP contribution in [0.15, 0.2) is 53.0 Å². The first kappa shape index (κ1) is 14.5. The molecule has 24 heavy (non-hydrogen) atoms. The van der Waals surface area contributed by atoms with Gasteiger partial charge in [0, 0.05) is 17.7 Å². The molecule has 0 aliphatic carbocycles. The summed E-state index contributed by atoms with van der Waals surface area (Å²) in [5.74, 6) is 0.407. The van der Waals surface area contributed by atoms with E-state index in [2.05, 4.69) is 15.2 Å². The fourth-order valence-electron chi connectivity index (χ4n) is 2.90. The molecule has 0 radical (unpaired) electrons. The fraction of sp³-hybridized carbons (Fsp3) is 0.176. The second-order valence-electron chi connectivity index (χ2n) is 5.51. The van der Waals surface area contributed by atoms with Gasteiger partial charge >= 0.3 is 0 Å². The average molecular weight is 321 g/mol. The molecule has 120 valence electrons. The van der Waals surface area contributed by atoms with Gasteiger partial charge in [0.15, 0.2) is 0 Å². The number of hydrogen-bond donors (Lipinski definition) is 1. The van der Waals surface area contributed by atoms with Gasteiger partial charge in [0.25, 0.3) is 5.91 Å². The zero-order valence-electron chi connectivity index (χ0n) is 13.0. The number of carbonyl (C=O) groups is 1. The maximum absolute atomic E-state index is 11.9. The maximum atomic E-state index is 11.9. The number of amides is 1. The molecule has 3 aromatic rings. The van der Waals surface area contributed by atoms with Gasteiger partial charge in [0.1, 0.15) is 17.4 Å². The Morgan fingerprint density at radius 3 is 2.96 bits per heavy atom. The number of pyridine rings is 1. The molecule has 2 aromatic heterocycles. The van der Waals surface area contributed by atoms with Crippen molar-refractivity contribution >= 4 is 11.6 Å². The molecule has 0 saturated heterocycles. The Morgan fingerprint density at radius 2 is 2.17 bits per heavy atom. The summed E-state index contributed by atoms with van der Waals surface area (Å²) < 4.78 is 7.23. The Labute approximate surface area is 137 Å². The largest absolute Gasteiger partial charge is 0.495 e. The van der Waals surface area contributed by atoms with Crippen molar-refractivity contribution in [2.75, 3.05) is 13.7 Å². The Balaban J connectivity index is 1.88. The van der Waals surface area contributed by atoms with Crippen LogP contribution in [0.3, 0.4) is 0 Å². The zero-order chi connectivity index (χ0) is 16.7. The SMILES string of the molecule is COc1ccc2ncc(-c3ccc4c(c3)C(CN)N=NC4=O)n2c1. The van der Waals surface area contributed by atoms with Crippen LogP contribution >= 0.6 is 0 Å². The van der Waals surface area contributed by atoms with E-state index in [9.17, 15) is 4.79 Å². The second-order valence-corrected chi connectivity index (χ2v) is 5.51. The van der Waals surface area contributed by atoms with E-state index in [1.165, 1.54) is 0 Å². The summed E-state index contributed by atoms with van der Waals surface area (Å²) in [7, 11) is 1.62. The minimum atomic E-state index is -0.332. The third kappa shape index (κ3) is 2.17. The first-order valence-corrected chi connectivity index (χ1v) is 7.52. The normalized spacial score (nSPS) is 16.4. The molecule has 7 nitrogen and oxygen atoms in total. The molecule has 7 heteroatoms. The monoisotopic (exact) mass is 321 g/mol. The van der Waals surface area contributed by atoms with Crippen molar-refractivity contribution in [3.8, 4) is 17.0 Å². The molecule has 1 unspecified atom stereocenters. The van der Waals surface area contributed by atoms with Gasteiger partial charge in [0.05, 0.1) is 25.2 Å². The van der Waals surface area contributed by atoms with Gasteiger partial charge in [-0.25, -0.2) is 4.98 Å². The lowest BCUT2D eigenvalue weighted by Crippen LogP contribution is -2.17. The van der Waals surface area contributed by atoms with Crippen LogP contribution < -0.4 is 10.5 Å². The number of benzene rings is 1. The van der Waals surface area contributed by atoms with Gasteiger partial charge in [-0.2, -0.15) is 5.11 Å². The van der Waals surface area contributed by atoms with Gasteiger partial charge in [-0.3, -0.25) is 9.20 Å². The van der Waals surface area contributed by atoms with Crippen molar-refractivity contribution < 1.29 is 9.53 Å². The number of carbonyl (C=O) groups excluding carboxylic acids is 1. The molecule has 0 spiro atoms. The molecule has 1 aromatic carbocycles. The van der Waals surface area contributed by atoms with E-state index in [4.69, 9.17) is 10.5 Å². The third-order valence-corrected chi connectivity index (χ3v) is 4.16. The predicted octanol–water partition coefficient (Wildman–Crippen LogP) is 2.62. The number of nitrogens with two attached hydrogens (primary N) is 1. The summed E-state index contributed by atoms with van der Waals surface area (Å²) in [5.41, 5.74) is 9.76. The first-order valence-electron chi connectivity index (χ1n) is 7.52. The van der Waals surface area contributed by atoms with Crippen molar-refractivity contribution in [2.24, 2.45) is 16.0 Å². The zero-order valence-corrected chi connectivity index (χ0v) is 13.0. The highest BCUT2D eigenvalue weighted by Crippen LogP contribution is 2.31. The van der Waals surface area contributed by atoms with Crippen molar-refractivity contribution in [1.82, 2.24) is 9.38 Å². The van der Waals surface area contributed by atoms with Crippen molar-refractivity contribution in [3.05, 3.63) is 53.9 Å². The third-order valence-electron chi connectivity index (χ3n) is 4.16. The van der Waals surface area contributed by atoms with Crippen molar-refractivity contribution in [2.45, 2.75) is 6.04 Å². The molecule has 1 amide bonds. The average Bonchev–Trinajstić information content (AvgIpc) is 3.04. The van der Waals surface area contributed by atoms with Gasteiger partial charge in [-0.15, -0.1) is 5.11 Å². The summed E-state index contributed by atoms with van der Waals surface area (Å²) >= 11 is 0. The van der Waals surface area contributed by atoms with Crippen LogP contribution in [0.2, 0.25) is 0 Å². The molecule has 1 aliphatic rings. The highest BCUT2D eigenvalue weighted by Gasteiger charge is 2.23. The van der Waals surface area contributed by atoms with Crippen LogP contribution in [0.25, 0.3) is 16.9 Å². The van der Waals surface area contributed by atoms with E-state index in [1.807, 2.05) is 34.9 Å². The Morgan fingerprint density at radius 1 is 1.29 bits per heavy atom. The number of nitrogens with zero attached hydrogens (tertiary/aromatic N) is 4. The fourth-order valence-corrected chi connectivity index (χ4v) is 2.90. The number of methoxy groups -OCH3 is 1. The molecule has 0 fully saturated rings. The highest BCUT2D eigenvalue weighted by molar-refractivity contribution is 5.97. The molecule has 0 bridgehead atoms. The summed E-state index contributed by atoms with van der Waals surface area (Å²) in [6.45, 7) is 0.300. The molecule has 3 heterocycles. The molecular formula is C17H15N5O2. The van der Waals surface area contributed by atoms with Gasteiger partial charge in [-0.05, 0) is 29.8 Å². The quantitative estimate of drug-likeness (QED) is 0.802. The summed E-state index contributed by atoms with van der Waals surface area (Å²) in [6.07, 6.45) is 3.67. The van der Waals surface area contributed by atoms with E-state index < -0.39 is 0 Å². The lowest BCUT2D eigenvalue weighted by molar-refractivity contribution is 0.0985. The van der Waals surface area contributed by atoms with E-state index in [-0.39, 0.29) is 11.9 Å². The van der Waals surface area contributed by atoms with E-state index in [0.717, 1.165) is 28.2 Å². The number of fused-ring (bicyclic) bond motifs is 2. The standard InChI is InChI=1S/C17H15N5O2/c1-24-11-3-5-16-19-8-15(22(16)9-11)10-2-4-12-13(6-10)14(7-18)20-21-17(12)23/h2-6,8-9,14H,7,18H2,1H3. The molecule has 1 aliphatic heterocycles. The van der Waals surface area contributed by atoms with Crippen molar-refractivity contribution in [3.63, 3.8) is 0 Å². The van der Waals surface area contributed by atoms with Crippen LogP contribution in [0.1, 0.15) is 22.0 Å². The topological polar surface area (TPSA) is 94.3 Å². The van der Waals surface area contributed by atoms with Crippen LogP contribution in [0.5, 0.6) is 5.75 Å². The second kappa shape index (κ2) is 5.54. The van der Waals surface area contributed by atoms with Crippen LogP contribution in [0, 0.1) is 0 Å². The van der Waals surface area contributed by atoms with Gasteiger partial charge in [0.2, 0.25) is 0 Å². The predicted molar refractivity (Wildman–Crippen MR) is 88.2 cm³/mol. The van der Waals surface area contributed by atoms with Gasteiger partial charge < -0.3 is 10.5 Å². The van der Waals surface area contributed by atoms with E-state index in [0.29, 0.717) is 12.1 Å². The minimum Gasteiger partial charge on any atom is -0.495 e. The Kier molecular flexibility index (Phi) is 3.35. The van der Waals surface area contributed by atoms with E-state index >= 15 is 0 Å². The van der Waals surface area contributed by atoms with E-state index in [1.54, 1.807) is 19.4 Å². The van der Waals surface area contributed by atoms with Crippen LogP contribution in [-0.4, -0.2) is 28.9 Å². The molecule has 1 atom stereocenters.